The van der Waals surface area contributed by atoms with E-state index in [2.05, 4.69) is 91.4 Å². The van der Waals surface area contributed by atoms with E-state index in [1.807, 2.05) is 0 Å². The topological polar surface area (TPSA) is 0 Å². The van der Waals surface area contributed by atoms with Gasteiger partial charge in [-0.1, -0.05) is 69.3 Å². The number of allylic oxidation sites excluding steroid dienone is 1. The van der Waals surface area contributed by atoms with Crippen LogP contribution in [0, 0.1) is 20.8 Å². The zero-order valence-electron chi connectivity index (χ0n) is 18.7. The predicted octanol–water partition coefficient (Wildman–Crippen LogP) is 8.08. The molecule has 2 rings (SSSR count). The highest BCUT2D eigenvalue weighted by atomic mass is 19.1. The standard InChI is InChI=1S/C13H18.C11H16.C2H5F/c1-5-12-8-6-7-11(4)13(12)9-10(2)3;1-8(2)11-7-5-6-9(3)10(11)4;1-2-3/h6-8H,2,5,9H2,1,3-4H3;5-8H,1-4H3;2H2,1H3. The van der Waals surface area contributed by atoms with Crippen molar-refractivity contribution in [1.82, 2.24) is 0 Å². The molecule has 1 heteroatoms. The van der Waals surface area contributed by atoms with Crippen LogP contribution in [0.5, 0.6) is 0 Å². The first kappa shape index (κ1) is 25.1. The molecule has 0 fully saturated rings. The summed E-state index contributed by atoms with van der Waals surface area (Å²) in [6, 6.07) is 13.0. The molecule has 0 aliphatic carbocycles. The Morgan fingerprint density at radius 1 is 0.963 bits per heavy atom. The summed E-state index contributed by atoms with van der Waals surface area (Å²) in [6.07, 6.45) is 2.14. The van der Waals surface area contributed by atoms with E-state index < -0.39 is 0 Å². The summed E-state index contributed by atoms with van der Waals surface area (Å²) in [5.41, 5.74) is 9.88. The fourth-order valence-corrected chi connectivity index (χ4v) is 3.05. The van der Waals surface area contributed by atoms with Gasteiger partial charge in [0.2, 0.25) is 0 Å². The Hall–Kier alpha value is -1.89. The Balaban J connectivity index is 0.000000442. The Labute approximate surface area is 167 Å². The van der Waals surface area contributed by atoms with Crippen molar-refractivity contribution in [2.45, 2.75) is 74.1 Å². The van der Waals surface area contributed by atoms with Gasteiger partial charge in [-0.25, -0.2) is 0 Å². The van der Waals surface area contributed by atoms with E-state index >= 15 is 0 Å². The number of hydrogen-bond donors (Lipinski definition) is 0. The summed E-state index contributed by atoms with van der Waals surface area (Å²) in [5, 5.41) is 0. The van der Waals surface area contributed by atoms with Crippen molar-refractivity contribution in [2.24, 2.45) is 0 Å². The maximum Gasteiger partial charge on any atom is 0.0866 e. The minimum Gasteiger partial charge on any atom is -0.251 e. The Morgan fingerprint density at radius 3 is 1.93 bits per heavy atom. The van der Waals surface area contributed by atoms with Crippen LogP contribution in [0.1, 0.15) is 73.9 Å². The van der Waals surface area contributed by atoms with Gasteiger partial charge in [0.1, 0.15) is 0 Å². The second-order valence-electron chi connectivity index (χ2n) is 7.41. The highest BCUT2D eigenvalue weighted by Crippen LogP contribution is 2.21. The van der Waals surface area contributed by atoms with Gasteiger partial charge >= 0.3 is 0 Å². The molecule has 0 bridgehead atoms. The number of halogens is 1. The van der Waals surface area contributed by atoms with Gasteiger partial charge in [0.15, 0.2) is 0 Å². The van der Waals surface area contributed by atoms with E-state index in [0.717, 1.165) is 12.8 Å². The minimum absolute atomic E-state index is 0.250. The average molecular weight is 371 g/mol. The van der Waals surface area contributed by atoms with E-state index in [4.69, 9.17) is 0 Å². The fourth-order valence-electron chi connectivity index (χ4n) is 3.05. The molecule has 0 aliphatic rings. The quantitative estimate of drug-likeness (QED) is 0.477. The second-order valence-corrected chi connectivity index (χ2v) is 7.41. The van der Waals surface area contributed by atoms with E-state index in [0.29, 0.717) is 5.92 Å². The molecular weight excluding hydrogens is 331 g/mol. The number of aryl methyl sites for hydroxylation is 3. The highest BCUT2D eigenvalue weighted by Gasteiger charge is 2.04. The van der Waals surface area contributed by atoms with E-state index in [1.54, 1.807) is 0 Å². The van der Waals surface area contributed by atoms with E-state index in [1.165, 1.54) is 45.9 Å². The summed E-state index contributed by atoms with van der Waals surface area (Å²) < 4.78 is 10.3. The Bertz CT molecular complexity index is 695. The third-order valence-corrected chi connectivity index (χ3v) is 4.64. The van der Waals surface area contributed by atoms with Crippen molar-refractivity contribution < 1.29 is 4.39 Å². The van der Waals surface area contributed by atoms with Gasteiger partial charge in [-0.05, 0) is 86.8 Å². The number of benzene rings is 2. The zero-order chi connectivity index (χ0) is 21.0. The molecule has 0 spiro atoms. The minimum atomic E-state index is -0.250. The van der Waals surface area contributed by atoms with Crippen LogP contribution in [0.25, 0.3) is 0 Å². The van der Waals surface area contributed by atoms with Gasteiger partial charge in [0.25, 0.3) is 0 Å². The normalized spacial score (nSPS) is 9.85. The second kappa shape index (κ2) is 13.3. The molecule has 150 valence electrons. The van der Waals surface area contributed by atoms with Gasteiger partial charge in [-0.15, -0.1) is 0 Å². The molecule has 0 saturated heterocycles. The van der Waals surface area contributed by atoms with Crippen LogP contribution in [0.3, 0.4) is 0 Å². The first-order chi connectivity index (χ1) is 12.7. The molecule has 0 heterocycles. The first-order valence-electron chi connectivity index (χ1n) is 10.0. The number of alkyl halides is 1. The summed E-state index contributed by atoms with van der Waals surface area (Å²) >= 11 is 0. The largest absolute Gasteiger partial charge is 0.251 e. The lowest BCUT2D eigenvalue weighted by molar-refractivity contribution is 0.527. The molecule has 0 radical (unpaired) electrons. The van der Waals surface area contributed by atoms with Gasteiger partial charge in [0, 0.05) is 0 Å². The first-order valence-corrected chi connectivity index (χ1v) is 10.0. The molecular formula is C26H39F. The van der Waals surface area contributed by atoms with Crippen LogP contribution in [0.4, 0.5) is 4.39 Å². The van der Waals surface area contributed by atoms with Crippen LogP contribution < -0.4 is 0 Å². The molecule has 0 atom stereocenters. The molecule has 0 nitrogen and oxygen atoms in total. The van der Waals surface area contributed by atoms with Gasteiger partial charge in [-0.2, -0.15) is 0 Å². The summed E-state index contributed by atoms with van der Waals surface area (Å²) in [4.78, 5) is 0. The van der Waals surface area contributed by atoms with Crippen LogP contribution in [0.15, 0.2) is 48.6 Å². The van der Waals surface area contributed by atoms with E-state index in [-0.39, 0.29) is 6.67 Å². The summed E-state index contributed by atoms with van der Waals surface area (Å²) in [7, 11) is 0. The van der Waals surface area contributed by atoms with Crippen molar-refractivity contribution >= 4 is 0 Å². The fraction of sp³-hybridized carbons (Fsp3) is 0.462. The molecule has 2 aromatic carbocycles. The molecule has 27 heavy (non-hydrogen) atoms. The lowest BCUT2D eigenvalue weighted by Gasteiger charge is -2.10. The average Bonchev–Trinajstić information content (AvgIpc) is 2.60. The lowest BCUT2D eigenvalue weighted by Crippen LogP contribution is -1.96. The van der Waals surface area contributed by atoms with Crippen LogP contribution in [-0.2, 0) is 12.8 Å². The van der Waals surface area contributed by atoms with Gasteiger partial charge < -0.3 is 0 Å². The van der Waals surface area contributed by atoms with Crippen molar-refractivity contribution in [2.75, 3.05) is 6.67 Å². The molecule has 0 amide bonds. The van der Waals surface area contributed by atoms with Crippen LogP contribution in [0.2, 0.25) is 0 Å². The SMILES string of the molecule is C=C(C)Cc1c(C)cccc1CC.CCF.Cc1cccc(C(C)C)c1C. The third kappa shape index (κ3) is 9.04. The molecule has 0 unspecified atom stereocenters. The van der Waals surface area contributed by atoms with Crippen molar-refractivity contribution in [1.29, 1.82) is 0 Å². The monoisotopic (exact) mass is 370 g/mol. The Morgan fingerprint density at radius 2 is 1.48 bits per heavy atom. The third-order valence-electron chi connectivity index (χ3n) is 4.64. The molecule has 0 aromatic heterocycles. The molecule has 0 aliphatic heterocycles. The number of hydrogen-bond acceptors (Lipinski definition) is 0. The summed E-state index contributed by atoms with van der Waals surface area (Å²) in [5.74, 6) is 0.648. The number of rotatable bonds is 4. The molecule has 0 N–H and O–H groups in total. The maximum absolute atomic E-state index is 10.3. The summed E-state index contributed by atoms with van der Waals surface area (Å²) in [6.45, 7) is 20.5. The maximum atomic E-state index is 10.3. The van der Waals surface area contributed by atoms with Crippen LogP contribution >= 0.6 is 0 Å². The lowest BCUT2D eigenvalue weighted by atomic mass is 9.95. The van der Waals surface area contributed by atoms with Crippen molar-refractivity contribution in [3.05, 3.63) is 81.9 Å². The zero-order valence-corrected chi connectivity index (χ0v) is 18.7. The van der Waals surface area contributed by atoms with Crippen LogP contribution in [-0.4, -0.2) is 6.67 Å². The Kier molecular flexibility index (Phi) is 12.4. The van der Waals surface area contributed by atoms with E-state index in [9.17, 15) is 4.39 Å². The van der Waals surface area contributed by atoms with Crippen molar-refractivity contribution in [3.63, 3.8) is 0 Å². The van der Waals surface area contributed by atoms with Gasteiger partial charge in [0.05, 0.1) is 6.67 Å². The predicted molar refractivity (Wildman–Crippen MR) is 121 cm³/mol. The van der Waals surface area contributed by atoms with Crippen molar-refractivity contribution in [3.8, 4) is 0 Å². The molecule has 0 saturated carbocycles. The smallest absolute Gasteiger partial charge is 0.0866 e. The molecule has 2 aromatic rings. The van der Waals surface area contributed by atoms with Gasteiger partial charge in [-0.3, -0.25) is 4.39 Å². The highest BCUT2D eigenvalue weighted by molar-refractivity contribution is 5.37.